The number of para-hydroxylation sites is 1. The van der Waals surface area contributed by atoms with E-state index in [1.165, 1.54) is 6.20 Å². The highest BCUT2D eigenvalue weighted by Crippen LogP contribution is 2.34. The molecule has 3 heterocycles. The molecular formula is C20H16N2O3. The van der Waals surface area contributed by atoms with E-state index < -0.39 is 0 Å². The lowest BCUT2D eigenvalue weighted by molar-refractivity contribution is -0.607. The van der Waals surface area contributed by atoms with Crippen molar-refractivity contribution in [1.29, 1.82) is 0 Å². The first-order valence-corrected chi connectivity index (χ1v) is 8.05. The number of hydrogen-bond acceptors (Lipinski definition) is 3. The summed E-state index contributed by atoms with van der Waals surface area (Å²) in [6.07, 6.45) is 4.99. The first-order valence-electron chi connectivity index (χ1n) is 8.05. The summed E-state index contributed by atoms with van der Waals surface area (Å²) in [6, 6.07) is 16.4. The molecule has 0 aliphatic rings. The molecule has 0 unspecified atom stereocenters. The standard InChI is InChI=1S/C20H16N2O3/c23-19(18-8-3-4-10-22(18)24)12-15(20-9-5-11-25-20)16-13-21-17-7-2-1-6-14(16)17/h1-11,13,15,21H,12H2/t15-/m1/s1. The SMILES string of the molecule is O=C(C[C@@H](c1ccco1)c1c[nH]c2ccccc12)c1cccc[n+]1[O-]. The number of nitrogens with zero attached hydrogens (tertiary/aromatic N) is 1. The van der Waals surface area contributed by atoms with Gasteiger partial charge in [-0.05, 0) is 29.8 Å². The van der Waals surface area contributed by atoms with Gasteiger partial charge in [0.25, 0.3) is 5.69 Å². The van der Waals surface area contributed by atoms with Crippen LogP contribution >= 0.6 is 0 Å². The Morgan fingerprint density at radius 2 is 1.96 bits per heavy atom. The molecule has 4 rings (SSSR count). The van der Waals surface area contributed by atoms with Crippen molar-refractivity contribution < 1.29 is 13.9 Å². The van der Waals surface area contributed by atoms with Gasteiger partial charge in [-0.3, -0.25) is 4.79 Å². The van der Waals surface area contributed by atoms with Gasteiger partial charge >= 0.3 is 0 Å². The topological polar surface area (TPSA) is 72.9 Å². The Morgan fingerprint density at radius 1 is 1.12 bits per heavy atom. The number of pyridine rings is 1. The average molecular weight is 332 g/mol. The lowest BCUT2D eigenvalue weighted by Gasteiger charge is -2.13. The third kappa shape index (κ3) is 2.80. The number of fused-ring (bicyclic) bond motifs is 1. The number of carbonyl (C=O) groups excluding carboxylic acids is 1. The Hall–Kier alpha value is -3.34. The Balaban J connectivity index is 1.75. The number of aromatic nitrogens is 2. The molecule has 0 saturated carbocycles. The maximum absolute atomic E-state index is 12.7. The molecule has 0 fully saturated rings. The van der Waals surface area contributed by atoms with Crippen LogP contribution in [0.5, 0.6) is 0 Å². The van der Waals surface area contributed by atoms with E-state index in [0.29, 0.717) is 10.5 Å². The van der Waals surface area contributed by atoms with Gasteiger partial charge in [-0.1, -0.05) is 18.2 Å². The van der Waals surface area contributed by atoms with E-state index in [2.05, 4.69) is 4.98 Å². The fourth-order valence-electron chi connectivity index (χ4n) is 3.17. The molecule has 0 amide bonds. The van der Waals surface area contributed by atoms with E-state index in [0.717, 1.165) is 16.5 Å². The van der Waals surface area contributed by atoms with Gasteiger partial charge in [0.15, 0.2) is 6.20 Å². The fourth-order valence-corrected chi connectivity index (χ4v) is 3.17. The average Bonchev–Trinajstić information content (AvgIpc) is 3.30. The van der Waals surface area contributed by atoms with Crippen LogP contribution in [0.15, 0.2) is 77.7 Å². The number of carbonyl (C=O) groups is 1. The molecule has 5 heteroatoms. The quantitative estimate of drug-likeness (QED) is 0.343. The van der Waals surface area contributed by atoms with Crippen LogP contribution in [0, 0.1) is 5.21 Å². The minimum atomic E-state index is -0.265. The second-order valence-electron chi connectivity index (χ2n) is 5.90. The minimum Gasteiger partial charge on any atom is -0.618 e. The predicted molar refractivity (Wildman–Crippen MR) is 93.2 cm³/mol. The number of aromatic amines is 1. The smallest absolute Gasteiger partial charge is 0.259 e. The van der Waals surface area contributed by atoms with Crippen LogP contribution in [-0.2, 0) is 0 Å². The van der Waals surface area contributed by atoms with Gasteiger partial charge in [0.2, 0.25) is 5.78 Å². The lowest BCUT2D eigenvalue weighted by atomic mass is 9.90. The van der Waals surface area contributed by atoms with Gasteiger partial charge in [0.05, 0.1) is 12.2 Å². The molecule has 25 heavy (non-hydrogen) atoms. The molecule has 124 valence electrons. The van der Waals surface area contributed by atoms with Crippen LogP contribution in [0.4, 0.5) is 0 Å². The third-order valence-corrected chi connectivity index (χ3v) is 4.38. The third-order valence-electron chi connectivity index (χ3n) is 4.38. The van der Waals surface area contributed by atoms with Gasteiger partial charge < -0.3 is 14.6 Å². The summed E-state index contributed by atoms with van der Waals surface area (Å²) in [4.78, 5) is 16.0. The molecule has 1 aromatic carbocycles. The van der Waals surface area contributed by atoms with Crippen molar-refractivity contribution in [2.24, 2.45) is 0 Å². The van der Waals surface area contributed by atoms with E-state index >= 15 is 0 Å². The van der Waals surface area contributed by atoms with Gasteiger partial charge in [-0.15, -0.1) is 0 Å². The summed E-state index contributed by atoms with van der Waals surface area (Å²) >= 11 is 0. The van der Waals surface area contributed by atoms with E-state index in [4.69, 9.17) is 4.42 Å². The van der Waals surface area contributed by atoms with Crippen LogP contribution < -0.4 is 4.73 Å². The van der Waals surface area contributed by atoms with Crippen molar-refractivity contribution in [3.05, 3.63) is 95.5 Å². The molecule has 3 aromatic heterocycles. The number of benzene rings is 1. The van der Waals surface area contributed by atoms with E-state index in [1.54, 1.807) is 30.5 Å². The Morgan fingerprint density at radius 3 is 2.76 bits per heavy atom. The number of ketones is 1. The first kappa shape index (κ1) is 15.2. The predicted octanol–water partition coefficient (Wildman–Crippen LogP) is 3.80. The van der Waals surface area contributed by atoms with Crippen molar-refractivity contribution in [3.8, 4) is 0 Å². The second-order valence-corrected chi connectivity index (χ2v) is 5.90. The normalized spacial score (nSPS) is 12.3. The molecule has 1 N–H and O–H groups in total. The van der Waals surface area contributed by atoms with Crippen LogP contribution in [0.2, 0.25) is 0 Å². The maximum atomic E-state index is 12.7. The number of Topliss-reactive ketones (excluding diaryl/α,β-unsaturated/α-hetero) is 1. The van der Waals surface area contributed by atoms with Gasteiger partial charge in [0, 0.05) is 35.7 Å². The Labute approximate surface area is 144 Å². The molecule has 5 nitrogen and oxygen atoms in total. The van der Waals surface area contributed by atoms with Crippen molar-refractivity contribution in [2.75, 3.05) is 0 Å². The summed E-state index contributed by atoms with van der Waals surface area (Å²) in [7, 11) is 0. The van der Waals surface area contributed by atoms with Crippen molar-refractivity contribution in [1.82, 2.24) is 4.98 Å². The van der Waals surface area contributed by atoms with Gasteiger partial charge in [-0.2, -0.15) is 4.73 Å². The summed E-state index contributed by atoms with van der Waals surface area (Å²) < 4.78 is 6.19. The highest BCUT2D eigenvalue weighted by molar-refractivity contribution is 5.94. The summed E-state index contributed by atoms with van der Waals surface area (Å²) in [5.74, 6) is 0.215. The summed E-state index contributed by atoms with van der Waals surface area (Å²) in [6.45, 7) is 0. The number of H-pyrrole nitrogens is 1. The van der Waals surface area contributed by atoms with Crippen molar-refractivity contribution >= 4 is 16.7 Å². The van der Waals surface area contributed by atoms with E-state index in [9.17, 15) is 10.0 Å². The Bertz CT molecular complexity index is 1020. The zero-order valence-corrected chi connectivity index (χ0v) is 13.4. The van der Waals surface area contributed by atoms with Crippen LogP contribution in [0.1, 0.15) is 34.2 Å². The molecule has 0 aliphatic heterocycles. The zero-order valence-electron chi connectivity index (χ0n) is 13.4. The number of nitrogens with one attached hydrogen (secondary N) is 1. The van der Waals surface area contributed by atoms with E-state index in [-0.39, 0.29) is 23.8 Å². The molecule has 0 aliphatic carbocycles. The van der Waals surface area contributed by atoms with Gasteiger partial charge in [-0.25, -0.2) is 0 Å². The maximum Gasteiger partial charge on any atom is 0.259 e. The number of rotatable bonds is 5. The zero-order chi connectivity index (χ0) is 17.2. The van der Waals surface area contributed by atoms with Gasteiger partial charge in [0.1, 0.15) is 5.76 Å². The monoisotopic (exact) mass is 332 g/mol. The molecule has 4 aromatic rings. The number of furan rings is 1. The second kappa shape index (κ2) is 6.28. The largest absolute Gasteiger partial charge is 0.618 e. The molecule has 0 saturated heterocycles. The van der Waals surface area contributed by atoms with E-state index in [1.807, 2.05) is 36.5 Å². The lowest BCUT2D eigenvalue weighted by Crippen LogP contribution is -2.34. The highest BCUT2D eigenvalue weighted by Gasteiger charge is 2.27. The van der Waals surface area contributed by atoms with Crippen LogP contribution in [-0.4, -0.2) is 10.8 Å². The molecule has 0 radical (unpaired) electrons. The summed E-state index contributed by atoms with van der Waals surface area (Å²) in [5.41, 5.74) is 2.12. The molecule has 0 bridgehead atoms. The van der Waals surface area contributed by atoms with Crippen LogP contribution in [0.25, 0.3) is 10.9 Å². The Kier molecular flexibility index (Phi) is 3.82. The highest BCUT2D eigenvalue weighted by atomic mass is 16.5. The first-order chi connectivity index (χ1) is 12.2. The number of hydrogen-bond donors (Lipinski definition) is 1. The van der Waals surface area contributed by atoms with Crippen molar-refractivity contribution in [3.63, 3.8) is 0 Å². The van der Waals surface area contributed by atoms with Crippen LogP contribution in [0.3, 0.4) is 0 Å². The summed E-state index contributed by atoms with van der Waals surface area (Å²) in [5, 5.41) is 12.9. The fraction of sp³-hybridized carbons (Fsp3) is 0.100. The molecular weight excluding hydrogens is 316 g/mol. The molecule has 1 atom stereocenters. The van der Waals surface area contributed by atoms with Crippen molar-refractivity contribution in [2.45, 2.75) is 12.3 Å². The molecule has 0 spiro atoms. The minimum absolute atomic E-state index is 0.138.